The molecule has 1 saturated heterocycles. The van der Waals surface area contributed by atoms with E-state index in [0.29, 0.717) is 54.5 Å². The number of ether oxygens (including phenoxy) is 1. The lowest BCUT2D eigenvalue weighted by atomic mass is 10.1. The number of pyridine rings is 1. The molecule has 0 bridgehead atoms. The molecule has 13 heteroatoms. The van der Waals surface area contributed by atoms with E-state index in [1.54, 1.807) is 38.2 Å². The summed E-state index contributed by atoms with van der Waals surface area (Å²) in [4.78, 5) is 31.1. The van der Waals surface area contributed by atoms with Crippen molar-refractivity contribution in [1.29, 1.82) is 0 Å². The van der Waals surface area contributed by atoms with Gasteiger partial charge in [-0.15, -0.1) is 0 Å². The molecule has 1 fully saturated rings. The molecule has 0 radical (unpaired) electrons. The molecule has 3 aromatic rings. The summed E-state index contributed by atoms with van der Waals surface area (Å²) < 4.78 is 29.4. The number of benzene rings is 1. The van der Waals surface area contributed by atoms with Crippen LogP contribution in [0.1, 0.15) is 30.9 Å². The number of nitrogens with zero attached hydrogens (tertiary/aromatic N) is 6. The molecule has 0 aliphatic carbocycles. The molecule has 0 amide bonds. The number of hydrogen-bond donors (Lipinski definition) is 0. The zero-order chi connectivity index (χ0) is 26.6. The van der Waals surface area contributed by atoms with Crippen LogP contribution in [-0.4, -0.2) is 59.5 Å². The van der Waals surface area contributed by atoms with Crippen LogP contribution in [0.25, 0.3) is 0 Å². The highest BCUT2D eigenvalue weighted by Crippen LogP contribution is 2.30. The average Bonchev–Trinajstić information content (AvgIpc) is 2.89. The number of sulfone groups is 1. The molecule has 37 heavy (non-hydrogen) atoms. The van der Waals surface area contributed by atoms with Crippen molar-refractivity contribution in [3.05, 3.63) is 70.2 Å². The first kappa shape index (κ1) is 25.9. The Morgan fingerprint density at radius 3 is 2.43 bits per heavy atom. The fourth-order valence-corrected chi connectivity index (χ4v) is 4.49. The molecule has 1 aromatic carbocycles. The van der Waals surface area contributed by atoms with E-state index in [2.05, 4.69) is 20.1 Å². The summed E-state index contributed by atoms with van der Waals surface area (Å²) >= 11 is 0. The maximum atomic E-state index is 11.6. The van der Waals surface area contributed by atoms with Crippen LogP contribution in [0.2, 0.25) is 0 Å². The van der Waals surface area contributed by atoms with Gasteiger partial charge in [0.1, 0.15) is 12.4 Å². The third-order valence-electron chi connectivity index (χ3n) is 5.94. The maximum Gasteiger partial charge on any atom is 0.311 e. The summed E-state index contributed by atoms with van der Waals surface area (Å²) in [7, 11) is -3.28. The molecule has 1 aliphatic heterocycles. The molecule has 0 saturated carbocycles. The predicted octanol–water partition coefficient (Wildman–Crippen LogP) is 3.34. The first-order valence-corrected chi connectivity index (χ1v) is 13.4. The van der Waals surface area contributed by atoms with Crippen molar-refractivity contribution < 1.29 is 22.9 Å². The van der Waals surface area contributed by atoms with Crippen molar-refractivity contribution in [1.82, 2.24) is 15.0 Å². The quantitative estimate of drug-likeness (QED) is 0.243. The van der Waals surface area contributed by atoms with Gasteiger partial charge in [-0.2, -0.15) is 4.98 Å². The SMILES string of the molecule is CC(=NOc1ncnc(OC2CCN(c3ncccc3[N+](=O)[O-])CC2)c1C)c1ccc(S(C)(=O)=O)cc1. The van der Waals surface area contributed by atoms with E-state index >= 15 is 0 Å². The van der Waals surface area contributed by atoms with Gasteiger partial charge in [0.05, 0.1) is 21.1 Å². The van der Waals surface area contributed by atoms with Gasteiger partial charge in [-0.1, -0.05) is 17.3 Å². The fraction of sp³-hybridized carbons (Fsp3) is 0.333. The number of nitro groups is 1. The monoisotopic (exact) mass is 526 g/mol. The van der Waals surface area contributed by atoms with Gasteiger partial charge in [-0.05, 0) is 37.6 Å². The van der Waals surface area contributed by atoms with Crippen molar-refractivity contribution in [2.45, 2.75) is 37.7 Å². The Morgan fingerprint density at radius 2 is 1.78 bits per heavy atom. The van der Waals surface area contributed by atoms with Gasteiger partial charge >= 0.3 is 5.69 Å². The molecule has 12 nitrogen and oxygen atoms in total. The summed E-state index contributed by atoms with van der Waals surface area (Å²) in [6.45, 7) is 4.61. The predicted molar refractivity (Wildman–Crippen MR) is 136 cm³/mol. The molecule has 3 heterocycles. The van der Waals surface area contributed by atoms with E-state index in [4.69, 9.17) is 9.57 Å². The minimum atomic E-state index is -3.28. The molecule has 4 rings (SSSR count). The van der Waals surface area contributed by atoms with E-state index in [-0.39, 0.29) is 22.6 Å². The van der Waals surface area contributed by atoms with E-state index in [1.807, 2.05) is 4.90 Å². The van der Waals surface area contributed by atoms with Crippen LogP contribution in [0, 0.1) is 17.0 Å². The van der Waals surface area contributed by atoms with Crippen LogP contribution in [0.5, 0.6) is 11.8 Å². The van der Waals surface area contributed by atoms with E-state index in [1.165, 1.54) is 24.5 Å². The molecular weight excluding hydrogens is 500 g/mol. The van der Waals surface area contributed by atoms with Crippen LogP contribution in [0.15, 0.2) is 59.0 Å². The van der Waals surface area contributed by atoms with E-state index in [0.717, 1.165) is 6.26 Å². The third kappa shape index (κ3) is 6.17. The Hall–Kier alpha value is -4.13. The second kappa shape index (κ2) is 10.9. The normalized spacial score (nSPS) is 14.9. The van der Waals surface area contributed by atoms with E-state index < -0.39 is 14.8 Å². The molecule has 1 aliphatic rings. The Kier molecular flexibility index (Phi) is 7.62. The zero-order valence-corrected chi connectivity index (χ0v) is 21.4. The Labute approximate surface area is 214 Å². The van der Waals surface area contributed by atoms with Crippen LogP contribution in [-0.2, 0) is 9.84 Å². The highest BCUT2D eigenvalue weighted by Gasteiger charge is 2.27. The number of piperidine rings is 1. The number of hydrogen-bond acceptors (Lipinski definition) is 11. The molecule has 0 spiro atoms. The van der Waals surface area contributed by atoms with Gasteiger partial charge in [-0.25, -0.2) is 18.4 Å². The van der Waals surface area contributed by atoms with Crippen molar-refractivity contribution >= 4 is 27.1 Å². The summed E-state index contributed by atoms with van der Waals surface area (Å²) in [5, 5.41) is 15.4. The van der Waals surface area contributed by atoms with Gasteiger partial charge in [-0.3, -0.25) is 10.1 Å². The smallest absolute Gasteiger partial charge is 0.311 e. The number of oxime groups is 1. The molecule has 0 atom stereocenters. The lowest BCUT2D eigenvalue weighted by Gasteiger charge is -2.32. The first-order chi connectivity index (χ1) is 17.6. The standard InChI is InChI=1S/C24H26N6O6S/c1-16-23(35-19-10-13-29(14-11-19)22-21(30(31)32)5-4-12-25-22)26-15-27-24(16)36-28-17(2)18-6-8-20(9-7-18)37(3,33)34/h4-9,12,15,19H,10-11,13-14H2,1-3H3. The van der Waals surface area contributed by atoms with Crippen molar-refractivity contribution in [3.63, 3.8) is 0 Å². The molecule has 2 aromatic heterocycles. The molecular formula is C24H26N6O6S. The summed E-state index contributed by atoms with van der Waals surface area (Å²) in [5.41, 5.74) is 1.80. The largest absolute Gasteiger partial charge is 0.474 e. The van der Waals surface area contributed by atoms with Crippen LogP contribution in [0.3, 0.4) is 0 Å². The lowest BCUT2D eigenvalue weighted by molar-refractivity contribution is -0.384. The minimum absolute atomic E-state index is 0.0162. The van der Waals surface area contributed by atoms with Crippen molar-refractivity contribution in [3.8, 4) is 11.8 Å². The van der Waals surface area contributed by atoms with Gasteiger partial charge in [0.15, 0.2) is 9.84 Å². The zero-order valence-electron chi connectivity index (χ0n) is 20.6. The third-order valence-corrected chi connectivity index (χ3v) is 7.07. The summed E-state index contributed by atoms with van der Waals surface area (Å²) in [5.74, 6) is 0.968. The number of rotatable bonds is 8. The maximum absolute atomic E-state index is 11.6. The van der Waals surface area contributed by atoms with Crippen LogP contribution in [0.4, 0.5) is 11.5 Å². The van der Waals surface area contributed by atoms with Gasteiger partial charge in [0.2, 0.25) is 11.7 Å². The number of aromatic nitrogens is 3. The Morgan fingerprint density at radius 1 is 1.11 bits per heavy atom. The number of anilines is 1. The molecule has 194 valence electrons. The fourth-order valence-electron chi connectivity index (χ4n) is 3.86. The highest BCUT2D eigenvalue weighted by atomic mass is 32.2. The van der Waals surface area contributed by atoms with Crippen molar-refractivity contribution in [2.75, 3.05) is 24.2 Å². The minimum Gasteiger partial charge on any atom is -0.474 e. The highest BCUT2D eigenvalue weighted by molar-refractivity contribution is 7.90. The van der Waals surface area contributed by atoms with Gasteiger partial charge < -0.3 is 14.5 Å². The molecule has 0 N–H and O–H groups in total. The lowest BCUT2D eigenvalue weighted by Crippen LogP contribution is -2.39. The van der Waals surface area contributed by atoms with E-state index in [9.17, 15) is 18.5 Å². The van der Waals surface area contributed by atoms with Crippen molar-refractivity contribution in [2.24, 2.45) is 5.16 Å². The summed E-state index contributed by atoms with van der Waals surface area (Å²) in [6, 6.07) is 9.35. The topological polar surface area (TPSA) is 150 Å². The van der Waals surface area contributed by atoms with Crippen LogP contribution >= 0.6 is 0 Å². The molecule has 0 unspecified atom stereocenters. The van der Waals surface area contributed by atoms with Crippen LogP contribution < -0.4 is 14.5 Å². The Balaban J connectivity index is 1.39. The summed E-state index contributed by atoms with van der Waals surface area (Å²) in [6.07, 6.45) is 5.15. The second-order valence-corrected chi connectivity index (χ2v) is 10.6. The Bertz CT molecular complexity index is 1420. The second-order valence-electron chi connectivity index (χ2n) is 8.58. The van der Waals surface area contributed by atoms with Gasteiger partial charge in [0.25, 0.3) is 5.88 Å². The van der Waals surface area contributed by atoms with Gasteiger partial charge in [0, 0.05) is 44.5 Å². The average molecular weight is 527 g/mol. The first-order valence-electron chi connectivity index (χ1n) is 11.5.